The third kappa shape index (κ3) is 3.38. The quantitative estimate of drug-likeness (QED) is 0.395. The van der Waals surface area contributed by atoms with Gasteiger partial charge in [-0.1, -0.05) is 36.4 Å². The average molecular weight is 469 g/mol. The lowest BCUT2D eigenvalue weighted by Crippen LogP contribution is -2.49. The van der Waals surface area contributed by atoms with Gasteiger partial charge >= 0.3 is 0 Å². The number of amides is 1. The molecule has 0 atom stereocenters. The lowest BCUT2D eigenvalue weighted by atomic mass is 9.96. The number of thiophene rings is 1. The molecule has 3 heterocycles. The molecule has 0 unspecified atom stereocenters. The minimum atomic E-state index is 0.135. The Labute approximate surface area is 203 Å². The summed E-state index contributed by atoms with van der Waals surface area (Å²) < 4.78 is 0. The number of piperazine rings is 1. The Morgan fingerprint density at radius 3 is 2.56 bits per heavy atom. The highest BCUT2D eigenvalue weighted by Gasteiger charge is 2.32. The summed E-state index contributed by atoms with van der Waals surface area (Å²) in [5.74, 6) is 2.84. The molecule has 7 rings (SSSR count). The molecule has 1 saturated carbocycles. The molecule has 2 aromatic carbocycles. The Kier molecular flexibility index (Phi) is 4.83. The zero-order chi connectivity index (χ0) is 22.6. The molecule has 172 valence electrons. The van der Waals surface area contributed by atoms with Crippen LogP contribution in [0.15, 0.2) is 42.5 Å². The van der Waals surface area contributed by atoms with Gasteiger partial charge in [0.1, 0.15) is 16.5 Å². The zero-order valence-corrected chi connectivity index (χ0v) is 20.1. The number of hydrogen-bond donors (Lipinski definition) is 0. The third-order valence-electron chi connectivity index (χ3n) is 7.64. The van der Waals surface area contributed by atoms with Crippen LogP contribution in [-0.4, -0.2) is 47.0 Å². The molecule has 1 amide bonds. The molecule has 34 heavy (non-hydrogen) atoms. The van der Waals surface area contributed by atoms with Gasteiger partial charge < -0.3 is 9.80 Å². The summed E-state index contributed by atoms with van der Waals surface area (Å²) in [6.07, 6.45) is 7.30. The lowest BCUT2D eigenvalue weighted by Gasteiger charge is -2.36. The summed E-state index contributed by atoms with van der Waals surface area (Å²) in [7, 11) is 0. The highest BCUT2D eigenvalue weighted by Crippen LogP contribution is 2.44. The molecule has 2 fully saturated rings. The lowest BCUT2D eigenvalue weighted by molar-refractivity contribution is 0.0748. The number of benzene rings is 2. The molecule has 0 N–H and O–H groups in total. The summed E-state index contributed by atoms with van der Waals surface area (Å²) in [6.45, 7) is 3.08. The number of carbonyl (C=O) groups excluding carboxylic acids is 1. The normalized spacial score (nSPS) is 18.5. The van der Waals surface area contributed by atoms with E-state index in [1.54, 1.807) is 0 Å². The Morgan fingerprint density at radius 1 is 0.912 bits per heavy atom. The van der Waals surface area contributed by atoms with Crippen LogP contribution in [0.5, 0.6) is 0 Å². The molecule has 6 heteroatoms. The van der Waals surface area contributed by atoms with Crippen LogP contribution in [0.1, 0.15) is 58.2 Å². The molecular weight excluding hydrogens is 440 g/mol. The van der Waals surface area contributed by atoms with Gasteiger partial charge in [0.25, 0.3) is 5.91 Å². The fourth-order valence-electron chi connectivity index (χ4n) is 5.61. The topological polar surface area (TPSA) is 49.3 Å². The molecule has 5 nitrogen and oxygen atoms in total. The maximum atomic E-state index is 13.5. The number of nitrogens with zero attached hydrogens (tertiary/aromatic N) is 4. The number of aryl methyl sites for hydroxylation is 2. The second kappa shape index (κ2) is 8.05. The molecule has 0 spiro atoms. The Hall–Kier alpha value is -2.99. The number of fused-ring (bicyclic) bond motifs is 4. The van der Waals surface area contributed by atoms with Crippen molar-refractivity contribution in [3.05, 3.63) is 64.3 Å². The molecule has 2 aromatic heterocycles. The largest absolute Gasteiger partial charge is 0.352 e. The van der Waals surface area contributed by atoms with E-state index in [4.69, 9.17) is 9.97 Å². The zero-order valence-electron chi connectivity index (χ0n) is 19.3. The first-order valence-corrected chi connectivity index (χ1v) is 13.4. The van der Waals surface area contributed by atoms with Crippen molar-refractivity contribution in [2.75, 3.05) is 31.1 Å². The first-order valence-electron chi connectivity index (χ1n) is 12.6. The molecule has 0 radical (unpaired) electrons. The van der Waals surface area contributed by atoms with E-state index in [-0.39, 0.29) is 5.91 Å². The maximum Gasteiger partial charge on any atom is 0.254 e. The molecule has 4 aromatic rings. The highest BCUT2D eigenvalue weighted by molar-refractivity contribution is 7.19. The molecule has 1 saturated heterocycles. The summed E-state index contributed by atoms with van der Waals surface area (Å²) in [5, 5.41) is 3.46. The third-order valence-corrected chi connectivity index (χ3v) is 8.83. The number of carbonyl (C=O) groups is 1. The summed E-state index contributed by atoms with van der Waals surface area (Å²) in [4.78, 5) is 30.8. The standard InChI is InChI=1S/C28H28N4OS/c33-28(21-10-5-7-18-6-1-2-8-20(18)21)32-16-14-31(15-17-32)26-24-22-9-3-4-11-23(22)34-27(24)30-25(29-26)19-12-13-19/h1-2,5-8,10,19H,3-4,9,11-17H2. The van der Waals surface area contributed by atoms with Crippen LogP contribution in [0.25, 0.3) is 21.0 Å². The van der Waals surface area contributed by atoms with E-state index in [2.05, 4.69) is 23.1 Å². The van der Waals surface area contributed by atoms with Gasteiger partial charge in [0, 0.05) is 42.5 Å². The average Bonchev–Trinajstić information content (AvgIpc) is 3.68. The van der Waals surface area contributed by atoms with Crippen molar-refractivity contribution in [3.63, 3.8) is 0 Å². The van der Waals surface area contributed by atoms with Crippen molar-refractivity contribution in [2.24, 2.45) is 0 Å². The van der Waals surface area contributed by atoms with Crippen LogP contribution in [0.4, 0.5) is 5.82 Å². The number of rotatable bonds is 3. The van der Waals surface area contributed by atoms with Crippen molar-refractivity contribution in [1.29, 1.82) is 0 Å². The fraction of sp³-hybridized carbons (Fsp3) is 0.393. The summed E-state index contributed by atoms with van der Waals surface area (Å²) >= 11 is 1.90. The summed E-state index contributed by atoms with van der Waals surface area (Å²) in [5.41, 5.74) is 2.30. The predicted molar refractivity (Wildman–Crippen MR) is 138 cm³/mol. The van der Waals surface area contributed by atoms with Gasteiger partial charge in [-0.3, -0.25) is 4.79 Å². The van der Waals surface area contributed by atoms with Crippen molar-refractivity contribution < 1.29 is 4.79 Å². The van der Waals surface area contributed by atoms with Crippen LogP contribution < -0.4 is 4.90 Å². The first kappa shape index (κ1) is 20.4. The highest BCUT2D eigenvalue weighted by atomic mass is 32.1. The smallest absolute Gasteiger partial charge is 0.254 e. The number of hydrogen-bond acceptors (Lipinski definition) is 5. The van der Waals surface area contributed by atoms with Crippen LogP contribution in [-0.2, 0) is 12.8 Å². The maximum absolute atomic E-state index is 13.5. The van der Waals surface area contributed by atoms with Crippen LogP contribution >= 0.6 is 11.3 Å². The molecule has 2 aliphatic carbocycles. The predicted octanol–water partition coefficient (Wildman–Crippen LogP) is 5.56. The van der Waals surface area contributed by atoms with Gasteiger partial charge in [0.05, 0.1) is 5.39 Å². The molecule has 3 aliphatic rings. The minimum absolute atomic E-state index is 0.135. The first-order chi connectivity index (χ1) is 16.8. The van der Waals surface area contributed by atoms with E-state index in [0.29, 0.717) is 5.92 Å². The van der Waals surface area contributed by atoms with Crippen LogP contribution in [0.2, 0.25) is 0 Å². The number of anilines is 1. The SMILES string of the molecule is O=C(c1cccc2ccccc12)N1CCN(c2nc(C3CC3)nc3sc4c(c23)CCCC4)CC1. The van der Waals surface area contributed by atoms with Crippen molar-refractivity contribution in [1.82, 2.24) is 14.9 Å². The number of aromatic nitrogens is 2. The van der Waals surface area contributed by atoms with E-state index >= 15 is 0 Å². The Morgan fingerprint density at radius 2 is 1.71 bits per heavy atom. The van der Waals surface area contributed by atoms with E-state index < -0.39 is 0 Å². The van der Waals surface area contributed by atoms with E-state index in [9.17, 15) is 4.79 Å². The molecule has 1 aliphatic heterocycles. The van der Waals surface area contributed by atoms with E-state index in [1.807, 2.05) is 40.5 Å². The van der Waals surface area contributed by atoms with Crippen molar-refractivity contribution in [2.45, 2.75) is 44.4 Å². The van der Waals surface area contributed by atoms with Crippen LogP contribution in [0, 0.1) is 0 Å². The van der Waals surface area contributed by atoms with E-state index in [0.717, 1.165) is 60.6 Å². The molecule has 0 bridgehead atoms. The van der Waals surface area contributed by atoms with Crippen molar-refractivity contribution in [3.8, 4) is 0 Å². The van der Waals surface area contributed by atoms with Crippen molar-refractivity contribution >= 4 is 44.1 Å². The monoisotopic (exact) mass is 468 g/mol. The van der Waals surface area contributed by atoms with Gasteiger partial charge in [-0.05, 0) is 60.9 Å². The second-order valence-electron chi connectivity index (χ2n) is 9.88. The van der Waals surface area contributed by atoms with E-state index in [1.165, 1.54) is 52.8 Å². The van der Waals surface area contributed by atoms with Gasteiger partial charge in [0.2, 0.25) is 0 Å². The van der Waals surface area contributed by atoms with Gasteiger partial charge in [-0.2, -0.15) is 0 Å². The minimum Gasteiger partial charge on any atom is -0.352 e. The van der Waals surface area contributed by atoms with Crippen LogP contribution in [0.3, 0.4) is 0 Å². The summed E-state index contributed by atoms with van der Waals surface area (Å²) in [6, 6.07) is 14.2. The van der Waals surface area contributed by atoms with Gasteiger partial charge in [-0.15, -0.1) is 11.3 Å². The Balaban J connectivity index is 1.19. The fourth-order valence-corrected chi connectivity index (χ4v) is 6.87. The molecular formula is C28H28N4OS. The second-order valence-corrected chi connectivity index (χ2v) is 11.0. The van der Waals surface area contributed by atoms with Gasteiger partial charge in [0.15, 0.2) is 0 Å². The van der Waals surface area contributed by atoms with Gasteiger partial charge in [-0.25, -0.2) is 9.97 Å². The Bertz CT molecular complexity index is 1410.